The van der Waals surface area contributed by atoms with Crippen LogP contribution in [0.25, 0.3) is 6.08 Å². The van der Waals surface area contributed by atoms with Gasteiger partial charge in [-0.3, -0.25) is 0 Å². The Morgan fingerprint density at radius 1 is 1.67 bits per heavy atom. The van der Waals surface area contributed by atoms with E-state index < -0.39 is 18.0 Å². The van der Waals surface area contributed by atoms with Gasteiger partial charge in [0.2, 0.25) is 0 Å². The summed E-state index contributed by atoms with van der Waals surface area (Å²) in [6.45, 7) is 1.89. The minimum absolute atomic E-state index is 0.00949. The average Bonchev–Trinajstić information content (AvgIpc) is 2.29. The summed E-state index contributed by atoms with van der Waals surface area (Å²) in [5, 5.41) is -0.345. The van der Waals surface area contributed by atoms with Crippen molar-refractivity contribution in [2.24, 2.45) is 0 Å². The number of alkyl halides is 2. The highest BCUT2D eigenvalue weighted by molar-refractivity contribution is 6.30. The van der Waals surface area contributed by atoms with E-state index in [9.17, 15) is 13.6 Å². The van der Waals surface area contributed by atoms with Gasteiger partial charge in [-0.2, -0.15) is 0 Å². The number of anilines is 1. The Hall–Kier alpha value is -1.69. The number of nitrogens with two attached hydrogens (primary N) is 1. The van der Waals surface area contributed by atoms with Crippen LogP contribution in [-0.2, 0) is 9.53 Å². The number of nitrogen functional groups attached to an aromatic ring is 1. The smallest absolute Gasteiger partial charge is 0.330 e. The lowest BCUT2D eigenvalue weighted by Gasteiger charge is -2.06. The fourth-order valence-corrected chi connectivity index (χ4v) is 1.39. The number of halogens is 3. The second-order valence-corrected chi connectivity index (χ2v) is 3.59. The van der Waals surface area contributed by atoms with Crippen LogP contribution in [0.15, 0.2) is 12.1 Å². The van der Waals surface area contributed by atoms with Gasteiger partial charge in [0.25, 0.3) is 6.43 Å². The lowest BCUT2D eigenvalue weighted by Crippen LogP contribution is -2.01. The number of carbonyl (C=O) groups is 1. The molecule has 0 spiro atoms. The Labute approximate surface area is 107 Å². The van der Waals surface area contributed by atoms with Crippen molar-refractivity contribution in [1.82, 2.24) is 4.98 Å². The molecule has 1 aromatic heterocycles. The summed E-state index contributed by atoms with van der Waals surface area (Å²) in [5.74, 6) is -0.576. The predicted octanol–water partition coefficient (Wildman–Crippen LogP) is 2.83. The lowest BCUT2D eigenvalue weighted by molar-refractivity contribution is -0.137. The van der Waals surface area contributed by atoms with Crippen molar-refractivity contribution in [1.29, 1.82) is 0 Å². The van der Waals surface area contributed by atoms with Crippen molar-refractivity contribution in [3.05, 3.63) is 28.6 Å². The zero-order valence-electron chi connectivity index (χ0n) is 9.49. The zero-order valence-corrected chi connectivity index (χ0v) is 10.2. The van der Waals surface area contributed by atoms with Crippen LogP contribution in [0, 0.1) is 0 Å². The maximum atomic E-state index is 12.5. The van der Waals surface area contributed by atoms with Crippen LogP contribution in [0.1, 0.15) is 24.6 Å². The monoisotopic (exact) mass is 276 g/mol. The van der Waals surface area contributed by atoms with Crippen LogP contribution in [-0.4, -0.2) is 17.6 Å². The van der Waals surface area contributed by atoms with Crippen molar-refractivity contribution in [3.8, 4) is 0 Å². The first kappa shape index (κ1) is 14.4. The fourth-order valence-electron chi connectivity index (χ4n) is 1.16. The summed E-state index contributed by atoms with van der Waals surface area (Å²) in [6.07, 6.45) is -0.398. The largest absolute Gasteiger partial charge is 0.463 e. The summed E-state index contributed by atoms with van der Waals surface area (Å²) in [5.41, 5.74) is 5.23. The molecule has 0 atom stereocenters. The van der Waals surface area contributed by atoms with Gasteiger partial charge in [0.15, 0.2) is 0 Å². The molecule has 0 aliphatic heterocycles. The quantitative estimate of drug-likeness (QED) is 0.522. The highest BCUT2D eigenvalue weighted by Gasteiger charge is 2.15. The maximum Gasteiger partial charge on any atom is 0.330 e. The van der Waals surface area contributed by atoms with Gasteiger partial charge in [0.1, 0.15) is 5.15 Å². The molecule has 1 aromatic rings. The van der Waals surface area contributed by atoms with Crippen LogP contribution in [0.4, 0.5) is 14.5 Å². The van der Waals surface area contributed by atoms with E-state index in [1.807, 2.05) is 0 Å². The van der Waals surface area contributed by atoms with Gasteiger partial charge >= 0.3 is 5.97 Å². The summed E-state index contributed by atoms with van der Waals surface area (Å²) >= 11 is 5.58. The molecule has 7 heteroatoms. The van der Waals surface area contributed by atoms with Gasteiger partial charge in [-0.25, -0.2) is 18.6 Å². The minimum atomic E-state index is -2.75. The third-order valence-corrected chi connectivity index (χ3v) is 2.27. The number of ether oxygens (including phenoxy) is 1. The molecule has 0 fully saturated rings. The lowest BCUT2D eigenvalue weighted by atomic mass is 10.2. The van der Waals surface area contributed by atoms with Crippen molar-refractivity contribution < 1.29 is 18.3 Å². The molecule has 2 N–H and O–H groups in total. The molecule has 0 bridgehead atoms. The topological polar surface area (TPSA) is 65.2 Å². The van der Waals surface area contributed by atoms with E-state index in [4.69, 9.17) is 17.3 Å². The van der Waals surface area contributed by atoms with Crippen molar-refractivity contribution in [2.75, 3.05) is 12.3 Å². The number of esters is 1. The van der Waals surface area contributed by atoms with E-state index in [0.717, 1.165) is 12.1 Å². The Balaban J connectivity index is 2.98. The number of hydrogen-bond donors (Lipinski definition) is 1. The summed E-state index contributed by atoms with van der Waals surface area (Å²) in [4.78, 5) is 14.7. The van der Waals surface area contributed by atoms with Crippen LogP contribution < -0.4 is 5.73 Å². The molecule has 0 radical (unpaired) electrons. The molecule has 1 rings (SSSR count). The molecule has 1 heterocycles. The summed E-state index contributed by atoms with van der Waals surface area (Å²) < 4.78 is 29.6. The molecule has 4 nitrogen and oxygen atoms in total. The Kier molecular flexibility index (Phi) is 5.03. The molecule has 0 aliphatic carbocycles. The van der Waals surface area contributed by atoms with Crippen LogP contribution in [0.2, 0.25) is 5.15 Å². The van der Waals surface area contributed by atoms with Gasteiger partial charge in [0, 0.05) is 6.08 Å². The molecule has 0 unspecified atom stereocenters. The first-order valence-electron chi connectivity index (χ1n) is 5.04. The first-order valence-corrected chi connectivity index (χ1v) is 5.42. The number of hydrogen-bond acceptors (Lipinski definition) is 4. The molecule has 0 amide bonds. The zero-order chi connectivity index (χ0) is 13.7. The Morgan fingerprint density at radius 2 is 2.33 bits per heavy atom. The number of nitrogens with zero attached hydrogens (tertiary/aromatic N) is 1. The predicted molar refractivity (Wildman–Crippen MR) is 64.3 cm³/mol. The van der Waals surface area contributed by atoms with Crippen LogP contribution in [0.3, 0.4) is 0 Å². The van der Waals surface area contributed by atoms with Gasteiger partial charge < -0.3 is 10.5 Å². The molecule has 98 valence electrons. The highest BCUT2D eigenvalue weighted by Crippen LogP contribution is 2.28. The number of pyridine rings is 1. The van der Waals surface area contributed by atoms with Crippen LogP contribution in [0.5, 0.6) is 0 Å². The Morgan fingerprint density at radius 3 is 2.89 bits per heavy atom. The van der Waals surface area contributed by atoms with Crippen molar-refractivity contribution in [3.63, 3.8) is 0 Å². The maximum absolute atomic E-state index is 12.5. The SMILES string of the molecule is CCOC(=O)/C=C/c1nc(Cl)c(C(F)F)cc1N. The minimum Gasteiger partial charge on any atom is -0.463 e. The average molecular weight is 277 g/mol. The van der Waals surface area contributed by atoms with E-state index in [2.05, 4.69) is 9.72 Å². The molecule has 18 heavy (non-hydrogen) atoms. The highest BCUT2D eigenvalue weighted by atomic mass is 35.5. The van der Waals surface area contributed by atoms with Crippen molar-refractivity contribution >= 4 is 29.3 Å². The molecule has 0 saturated carbocycles. The van der Waals surface area contributed by atoms with Gasteiger partial charge in [-0.05, 0) is 19.1 Å². The molecular weight excluding hydrogens is 266 g/mol. The van der Waals surface area contributed by atoms with Gasteiger partial charge in [-0.15, -0.1) is 0 Å². The van der Waals surface area contributed by atoms with E-state index >= 15 is 0 Å². The fraction of sp³-hybridized carbons (Fsp3) is 0.273. The number of carbonyl (C=O) groups excluding carboxylic acids is 1. The molecule has 0 saturated heterocycles. The summed E-state index contributed by atoms with van der Waals surface area (Å²) in [6, 6.07) is 1.03. The molecule has 0 aliphatic rings. The van der Waals surface area contributed by atoms with Gasteiger partial charge in [-0.1, -0.05) is 11.6 Å². The number of aromatic nitrogens is 1. The van der Waals surface area contributed by atoms with Crippen molar-refractivity contribution in [2.45, 2.75) is 13.3 Å². The van der Waals surface area contributed by atoms with Crippen LogP contribution >= 0.6 is 11.6 Å². The van der Waals surface area contributed by atoms with E-state index in [0.29, 0.717) is 0 Å². The molecule has 0 aromatic carbocycles. The number of rotatable bonds is 4. The first-order chi connectivity index (χ1) is 8.45. The second kappa shape index (κ2) is 6.30. The third-order valence-electron chi connectivity index (χ3n) is 1.96. The molecular formula is C11H11ClF2N2O2. The summed E-state index contributed by atoms with van der Waals surface area (Å²) in [7, 11) is 0. The van der Waals surface area contributed by atoms with Gasteiger partial charge in [0.05, 0.1) is 23.6 Å². The van der Waals surface area contributed by atoms with E-state index in [-0.39, 0.29) is 23.1 Å². The second-order valence-electron chi connectivity index (χ2n) is 3.23. The normalized spacial score (nSPS) is 11.2. The third kappa shape index (κ3) is 3.66. The standard InChI is InChI=1S/C11H11ClF2N2O2/c1-2-18-9(17)4-3-8-7(15)5-6(11(13)14)10(12)16-8/h3-5,11H,2,15H2,1H3/b4-3+. The van der Waals surface area contributed by atoms with E-state index in [1.54, 1.807) is 6.92 Å². The van der Waals surface area contributed by atoms with E-state index in [1.165, 1.54) is 6.08 Å². The Bertz CT molecular complexity index is 478.